The third-order valence-electron chi connectivity index (χ3n) is 5.05. The van der Waals surface area contributed by atoms with E-state index in [1.54, 1.807) is 0 Å². The molecule has 31 heavy (non-hydrogen) atoms. The van der Waals surface area contributed by atoms with Crippen LogP contribution in [0.25, 0.3) is 11.1 Å². The zero-order valence-corrected chi connectivity index (χ0v) is 18.6. The predicted octanol–water partition coefficient (Wildman–Crippen LogP) is 4.07. The SMILES string of the molecule is CC.Cc1cc(-c2ccc(CC(=O)Nc3ccc(N4CCNCC4)cn3)cc2)ccn1. The standard InChI is InChI=1S/C23H25N5O.C2H6/c1-17-14-20(8-9-25-17)19-4-2-18(3-5-19)15-23(29)27-22-7-6-21(16-26-22)28-12-10-24-11-13-28;1-2/h2-9,14,16,24H,10-13,15H2,1H3,(H,26,27,29);1-2H3. The summed E-state index contributed by atoms with van der Waals surface area (Å²) in [5.74, 6) is 0.512. The van der Waals surface area contributed by atoms with E-state index in [1.165, 1.54) is 0 Å². The molecule has 162 valence electrons. The number of rotatable bonds is 5. The van der Waals surface area contributed by atoms with E-state index in [0.29, 0.717) is 12.2 Å². The van der Waals surface area contributed by atoms with Crippen LogP contribution < -0.4 is 15.5 Å². The lowest BCUT2D eigenvalue weighted by molar-refractivity contribution is -0.115. The highest BCUT2D eigenvalue weighted by atomic mass is 16.1. The van der Waals surface area contributed by atoms with E-state index in [0.717, 1.165) is 54.3 Å². The van der Waals surface area contributed by atoms with Gasteiger partial charge in [0.15, 0.2) is 0 Å². The Morgan fingerprint density at radius 1 is 1.00 bits per heavy atom. The van der Waals surface area contributed by atoms with Gasteiger partial charge >= 0.3 is 0 Å². The van der Waals surface area contributed by atoms with Crippen molar-refractivity contribution in [3.63, 3.8) is 0 Å². The molecule has 4 rings (SSSR count). The third-order valence-corrected chi connectivity index (χ3v) is 5.05. The molecule has 6 nitrogen and oxygen atoms in total. The molecule has 0 aliphatic carbocycles. The normalized spacial score (nSPS) is 13.2. The maximum Gasteiger partial charge on any atom is 0.229 e. The van der Waals surface area contributed by atoms with E-state index < -0.39 is 0 Å². The van der Waals surface area contributed by atoms with E-state index in [1.807, 2.05) is 75.6 Å². The van der Waals surface area contributed by atoms with Gasteiger partial charge in [0.05, 0.1) is 18.3 Å². The highest BCUT2D eigenvalue weighted by Gasteiger charge is 2.11. The summed E-state index contributed by atoms with van der Waals surface area (Å²) in [5.41, 5.74) is 5.29. The third kappa shape index (κ3) is 6.36. The number of amides is 1. The molecular formula is C25H31N5O. The van der Waals surface area contributed by atoms with Gasteiger partial charge in [-0.3, -0.25) is 9.78 Å². The maximum atomic E-state index is 12.4. The maximum absolute atomic E-state index is 12.4. The topological polar surface area (TPSA) is 70.2 Å². The number of hydrogen-bond donors (Lipinski definition) is 2. The molecule has 1 saturated heterocycles. The van der Waals surface area contributed by atoms with Crippen LogP contribution in [0.4, 0.5) is 11.5 Å². The molecule has 0 bridgehead atoms. The molecule has 0 saturated carbocycles. The van der Waals surface area contributed by atoms with Gasteiger partial charge in [-0.25, -0.2) is 4.98 Å². The lowest BCUT2D eigenvalue weighted by atomic mass is 10.0. The second-order valence-electron chi connectivity index (χ2n) is 7.25. The Morgan fingerprint density at radius 2 is 1.74 bits per heavy atom. The van der Waals surface area contributed by atoms with Gasteiger partial charge in [-0.15, -0.1) is 0 Å². The Labute approximate surface area is 184 Å². The number of pyridine rings is 2. The number of carbonyl (C=O) groups is 1. The van der Waals surface area contributed by atoms with Crippen molar-refractivity contribution < 1.29 is 4.79 Å². The van der Waals surface area contributed by atoms with Crippen LogP contribution in [-0.2, 0) is 11.2 Å². The Kier molecular flexibility index (Phi) is 8.12. The van der Waals surface area contributed by atoms with Crippen molar-refractivity contribution in [1.29, 1.82) is 0 Å². The van der Waals surface area contributed by atoms with E-state index in [-0.39, 0.29) is 5.91 Å². The van der Waals surface area contributed by atoms with Crippen molar-refractivity contribution in [2.24, 2.45) is 0 Å². The molecule has 2 N–H and O–H groups in total. The second kappa shape index (κ2) is 11.2. The Balaban J connectivity index is 0.00000132. The summed E-state index contributed by atoms with van der Waals surface area (Å²) in [7, 11) is 0. The molecule has 3 heterocycles. The zero-order chi connectivity index (χ0) is 22.1. The van der Waals surface area contributed by atoms with Gasteiger partial charge in [-0.1, -0.05) is 38.1 Å². The van der Waals surface area contributed by atoms with Gasteiger partial charge in [-0.05, 0) is 47.9 Å². The van der Waals surface area contributed by atoms with Crippen LogP contribution >= 0.6 is 0 Å². The van der Waals surface area contributed by atoms with E-state index >= 15 is 0 Å². The molecule has 0 unspecified atom stereocenters. The van der Waals surface area contributed by atoms with Gasteiger partial charge in [0.1, 0.15) is 5.82 Å². The first-order valence-electron chi connectivity index (χ1n) is 10.9. The summed E-state index contributed by atoms with van der Waals surface area (Å²) in [6.07, 6.45) is 3.95. The smallest absolute Gasteiger partial charge is 0.229 e. The average molecular weight is 418 g/mol. The number of nitrogens with one attached hydrogen (secondary N) is 2. The molecule has 0 spiro atoms. The number of hydrogen-bond acceptors (Lipinski definition) is 5. The van der Waals surface area contributed by atoms with Crippen LogP contribution in [0.3, 0.4) is 0 Å². The van der Waals surface area contributed by atoms with Crippen LogP contribution in [0, 0.1) is 6.92 Å². The van der Waals surface area contributed by atoms with Crippen LogP contribution in [0.15, 0.2) is 60.9 Å². The molecular weight excluding hydrogens is 386 g/mol. The number of aryl methyl sites for hydroxylation is 1. The summed E-state index contributed by atoms with van der Waals surface area (Å²) in [6, 6.07) is 16.0. The Hall–Kier alpha value is -3.25. The van der Waals surface area contributed by atoms with Gasteiger partial charge < -0.3 is 15.5 Å². The molecule has 1 fully saturated rings. The van der Waals surface area contributed by atoms with Gasteiger partial charge in [0, 0.05) is 38.1 Å². The van der Waals surface area contributed by atoms with Crippen molar-refractivity contribution in [2.45, 2.75) is 27.2 Å². The highest BCUT2D eigenvalue weighted by Crippen LogP contribution is 2.20. The summed E-state index contributed by atoms with van der Waals surface area (Å²) in [6.45, 7) is 9.90. The van der Waals surface area contributed by atoms with Crippen LogP contribution in [0.5, 0.6) is 0 Å². The first kappa shape index (κ1) is 22.4. The lowest BCUT2D eigenvalue weighted by Crippen LogP contribution is -2.43. The fourth-order valence-electron chi connectivity index (χ4n) is 3.48. The van der Waals surface area contributed by atoms with Gasteiger partial charge in [0.25, 0.3) is 0 Å². The monoisotopic (exact) mass is 417 g/mol. The summed E-state index contributed by atoms with van der Waals surface area (Å²) >= 11 is 0. The molecule has 0 atom stereocenters. The lowest BCUT2D eigenvalue weighted by Gasteiger charge is -2.29. The van der Waals surface area contributed by atoms with Crippen LogP contribution in [0.2, 0.25) is 0 Å². The molecule has 1 aliphatic rings. The zero-order valence-electron chi connectivity index (χ0n) is 18.6. The Morgan fingerprint density at radius 3 is 2.39 bits per heavy atom. The molecule has 2 aromatic heterocycles. The minimum atomic E-state index is -0.0695. The minimum Gasteiger partial charge on any atom is -0.368 e. The molecule has 0 radical (unpaired) electrons. The summed E-state index contributed by atoms with van der Waals surface area (Å²) in [4.78, 5) is 23.3. The fraction of sp³-hybridized carbons (Fsp3) is 0.320. The second-order valence-corrected chi connectivity index (χ2v) is 7.25. The quantitative estimate of drug-likeness (QED) is 0.655. The number of carbonyl (C=O) groups excluding carboxylic acids is 1. The molecule has 1 amide bonds. The van der Waals surface area contributed by atoms with E-state index in [2.05, 4.69) is 31.6 Å². The first-order valence-corrected chi connectivity index (χ1v) is 10.9. The van der Waals surface area contributed by atoms with E-state index in [4.69, 9.17) is 0 Å². The number of anilines is 2. The summed E-state index contributed by atoms with van der Waals surface area (Å²) in [5, 5.41) is 6.22. The predicted molar refractivity (Wildman–Crippen MR) is 127 cm³/mol. The summed E-state index contributed by atoms with van der Waals surface area (Å²) < 4.78 is 0. The van der Waals surface area contributed by atoms with Crippen molar-refractivity contribution in [3.8, 4) is 11.1 Å². The number of piperazine rings is 1. The van der Waals surface area contributed by atoms with Gasteiger partial charge in [0.2, 0.25) is 5.91 Å². The van der Waals surface area contributed by atoms with E-state index in [9.17, 15) is 4.79 Å². The molecule has 3 aromatic rings. The average Bonchev–Trinajstić information content (AvgIpc) is 2.82. The van der Waals surface area contributed by atoms with Gasteiger partial charge in [-0.2, -0.15) is 0 Å². The molecule has 6 heteroatoms. The number of benzene rings is 1. The molecule has 1 aromatic carbocycles. The first-order chi connectivity index (χ1) is 15.2. The van der Waals surface area contributed by atoms with Crippen molar-refractivity contribution in [1.82, 2.24) is 15.3 Å². The number of aromatic nitrogens is 2. The Bertz CT molecular complexity index is 964. The largest absolute Gasteiger partial charge is 0.368 e. The molecule has 1 aliphatic heterocycles. The fourth-order valence-corrected chi connectivity index (χ4v) is 3.48. The van der Waals surface area contributed by atoms with Crippen molar-refractivity contribution in [2.75, 3.05) is 36.4 Å². The van der Waals surface area contributed by atoms with Crippen LogP contribution in [0.1, 0.15) is 25.1 Å². The van der Waals surface area contributed by atoms with Crippen LogP contribution in [-0.4, -0.2) is 42.1 Å². The number of nitrogens with zero attached hydrogens (tertiary/aromatic N) is 3. The minimum absolute atomic E-state index is 0.0695. The highest BCUT2D eigenvalue weighted by molar-refractivity contribution is 5.91. The van der Waals surface area contributed by atoms with Crippen molar-refractivity contribution >= 4 is 17.4 Å². The van der Waals surface area contributed by atoms with Crippen molar-refractivity contribution in [3.05, 3.63) is 72.2 Å².